The van der Waals surface area contributed by atoms with Crippen LogP contribution in [0.1, 0.15) is 86.8 Å². The third-order valence-corrected chi connectivity index (χ3v) is 7.53. The average Bonchev–Trinajstić information content (AvgIpc) is 3.17. The summed E-state index contributed by atoms with van der Waals surface area (Å²) in [6.45, 7) is 7.44. The minimum Gasteiger partial charge on any atom is -0.320 e. The summed E-state index contributed by atoms with van der Waals surface area (Å²) in [5.41, 5.74) is 1.11. The van der Waals surface area contributed by atoms with E-state index in [0.29, 0.717) is 16.5 Å². The first-order valence-electron chi connectivity index (χ1n) is 12.9. The second kappa shape index (κ2) is 12.6. The van der Waals surface area contributed by atoms with E-state index < -0.39 is 11.5 Å². The van der Waals surface area contributed by atoms with Gasteiger partial charge in [0.05, 0.1) is 6.04 Å². The number of hydrogen-bond acceptors (Lipinski definition) is 4. The van der Waals surface area contributed by atoms with Gasteiger partial charge in [-0.1, -0.05) is 56.1 Å². The van der Waals surface area contributed by atoms with Crippen molar-refractivity contribution in [1.82, 2.24) is 10.2 Å². The van der Waals surface area contributed by atoms with Crippen molar-refractivity contribution >= 4 is 29.5 Å². The molecule has 194 valence electrons. The molecule has 0 bridgehead atoms. The highest BCUT2D eigenvalue weighted by atomic mass is 35.5. The first-order chi connectivity index (χ1) is 17.3. The summed E-state index contributed by atoms with van der Waals surface area (Å²) in [5.74, 6) is -0.159. The Morgan fingerprint density at radius 1 is 1.19 bits per heavy atom. The van der Waals surface area contributed by atoms with Crippen LogP contribution in [0.2, 0.25) is 5.02 Å². The maximum Gasteiger partial charge on any atom is 0.275 e. The third-order valence-electron chi connectivity index (χ3n) is 7.30. The van der Waals surface area contributed by atoms with Gasteiger partial charge in [-0.05, 0) is 82.3 Å². The normalized spacial score (nSPS) is 22.2. The molecule has 2 aromatic rings. The number of rotatable bonds is 7. The second-order valence-electron chi connectivity index (χ2n) is 9.66. The second-order valence-corrected chi connectivity index (χ2v) is 10.1. The van der Waals surface area contributed by atoms with E-state index in [0.717, 1.165) is 50.5 Å². The first kappa shape index (κ1) is 28.0. The minimum absolute atomic E-state index is 0.145. The minimum atomic E-state index is -0.685. The molecule has 1 atom stereocenters. The van der Waals surface area contributed by atoms with E-state index >= 15 is 0 Å². The molecule has 2 aliphatic rings. The molecule has 5 nitrogen and oxygen atoms in total. The summed E-state index contributed by atoms with van der Waals surface area (Å²) in [5, 5.41) is 3.38. The van der Waals surface area contributed by atoms with Crippen LogP contribution in [0.3, 0.4) is 0 Å². The highest BCUT2D eigenvalue weighted by Gasteiger charge is 2.51. The van der Waals surface area contributed by atoms with Crippen LogP contribution in [-0.4, -0.2) is 42.1 Å². The van der Waals surface area contributed by atoms with Crippen molar-refractivity contribution < 1.29 is 14.0 Å². The van der Waals surface area contributed by atoms with Crippen LogP contribution in [-0.2, 0) is 4.79 Å². The molecule has 1 amide bonds. The van der Waals surface area contributed by atoms with Gasteiger partial charge in [0.1, 0.15) is 23.5 Å². The van der Waals surface area contributed by atoms with Gasteiger partial charge in [0.2, 0.25) is 0 Å². The smallest absolute Gasteiger partial charge is 0.275 e. The molecule has 7 heteroatoms. The fourth-order valence-electron chi connectivity index (χ4n) is 5.16. The zero-order chi connectivity index (χ0) is 26.3. The summed E-state index contributed by atoms with van der Waals surface area (Å²) in [6, 6.07) is 11.2. The SMILES string of the molecule is CCC1CCC2(CC1)N=C(c1cc(Cl)ccc1F)C(=O)N2C(C)c1ccc(C=O)cc1.CCCNC. The van der Waals surface area contributed by atoms with E-state index in [9.17, 15) is 14.0 Å². The molecule has 1 heterocycles. The van der Waals surface area contributed by atoms with Crippen molar-refractivity contribution in [2.45, 2.75) is 71.0 Å². The number of nitrogens with one attached hydrogen (secondary N) is 1. The summed E-state index contributed by atoms with van der Waals surface area (Å²) in [7, 11) is 1.96. The Labute approximate surface area is 219 Å². The molecule has 1 unspecified atom stereocenters. The number of carbonyl (C=O) groups is 2. The van der Waals surface area contributed by atoms with Gasteiger partial charge in [0, 0.05) is 16.1 Å². The fourth-order valence-corrected chi connectivity index (χ4v) is 5.33. The van der Waals surface area contributed by atoms with Crippen LogP contribution >= 0.6 is 11.6 Å². The summed E-state index contributed by atoms with van der Waals surface area (Å²) < 4.78 is 14.7. The molecule has 1 fully saturated rings. The van der Waals surface area contributed by atoms with Crippen LogP contribution in [0.15, 0.2) is 47.5 Å². The van der Waals surface area contributed by atoms with Gasteiger partial charge < -0.3 is 10.2 Å². The van der Waals surface area contributed by atoms with E-state index in [4.69, 9.17) is 16.6 Å². The number of carbonyl (C=O) groups excluding carboxylic acids is 2. The van der Waals surface area contributed by atoms with Gasteiger partial charge in [-0.2, -0.15) is 0 Å². The molecule has 36 heavy (non-hydrogen) atoms. The van der Waals surface area contributed by atoms with Gasteiger partial charge in [0.15, 0.2) is 0 Å². The van der Waals surface area contributed by atoms with E-state index in [1.165, 1.54) is 24.6 Å². The van der Waals surface area contributed by atoms with Gasteiger partial charge in [-0.25, -0.2) is 4.39 Å². The predicted molar refractivity (Wildman–Crippen MR) is 144 cm³/mol. The van der Waals surface area contributed by atoms with Crippen molar-refractivity contribution in [2.24, 2.45) is 10.9 Å². The van der Waals surface area contributed by atoms with Crippen molar-refractivity contribution in [3.05, 3.63) is 70.0 Å². The van der Waals surface area contributed by atoms with Gasteiger partial charge in [-0.3, -0.25) is 14.6 Å². The van der Waals surface area contributed by atoms with Gasteiger partial charge >= 0.3 is 0 Å². The molecule has 2 aromatic carbocycles. The van der Waals surface area contributed by atoms with E-state index in [1.807, 2.05) is 31.0 Å². The zero-order valence-electron chi connectivity index (χ0n) is 21.7. The number of nitrogens with zero attached hydrogens (tertiary/aromatic N) is 2. The Bertz CT molecular complexity index is 1080. The van der Waals surface area contributed by atoms with Crippen LogP contribution in [0, 0.1) is 11.7 Å². The summed E-state index contributed by atoms with van der Waals surface area (Å²) >= 11 is 6.11. The van der Waals surface area contributed by atoms with E-state index in [1.54, 1.807) is 12.1 Å². The fraction of sp³-hybridized carbons (Fsp3) is 0.483. The maximum atomic E-state index is 14.7. The Balaban J connectivity index is 0.000000658. The number of hydrogen-bond donors (Lipinski definition) is 1. The van der Waals surface area contributed by atoms with Crippen molar-refractivity contribution in [3.63, 3.8) is 0 Å². The molecule has 1 aliphatic carbocycles. The highest BCUT2D eigenvalue weighted by Crippen LogP contribution is 2.46. The molecule has 1 aliphatic heterocycles. The number of aliphatic imine (C=N–C) groups is 1. The average molecular weight is 514 g/mol. The van der Waals surface area contributed by atoms with Crippen molar-refractivity contribution in [3.8, 4) is 0 Å². The third kappa shape index (κ3) is 6.04. The Morgan fingerprint density at radius 3 is 2.39 bits per heavy atom. The molecule has 1 saturated carbocycles. The molecule has 4 rings (SSSR count). The summed E-state index contributed by atoms with van der Waals surface area (Å²) in [4.78, 5) is 31.4. The van der Waals surface area contributed by atoms with Crippen molar-refractivity contribution in [1.29, 1.82) is 0 Å². The van der Waals surface area contributed by atoms with Crippen LogP contribution in [0.5, 0.6) is 0 Å². The highest BCUT2D eigenvalue weighted by molar-refractivity contribution is 6.47. The monoisotopic (exact) mass is 513 g/mol. The largest absolute Gasteiger partial charge is 0.320 e. The molecule has 1 spiro atoms. The Kier molecular flexibility index (Phi) is 9.80. The lowest BCUT2D eigenvalue weighted by Crippen LogP contribution is -2.50. The zero-order valence-corrected chi connectivity index (χ0v) is 22.4. The van der Waals surface area contributed by atoms with Crippen molar-refractivity contribution in [2.75, 3.05) is 13.6 Å². The lowest BCUT2D eigenvalue weighted by Gasteiger charge is -2.44. The molecule has 0 aromatic heterocycles. The maximum absolute atomic E-state index is 14.7. The Morgan fingerprint density at radius 2 is 1.86 bits per heavy atom. The van der Waals surface area contributed by atoms with E-state index in [2.05, 4.69) is 19.2 Å². The molecule has 0 radical (unpaired) electrons. The molecule has 1 N–H and O–H groups in total. The Hall–Kier alpha value is -2.57. The lowest BCUT2D eigenvalue weighted by molar-refractivity contribution is -0.132. The quantitative estimate of drug-likeness (QED) is 0.424. The number of halogens is 2. The first-order valence-corrected chi connectivity index (χ1v) is 13.3. The molecule has 0 saturated heterocycles. The number of benzene rings is 2. The topological polar surface area (TPSA) is 61.8 Å². The number of aldehydes is 1. The molecular formula is C29H37ClFN3O2. The standard InChI is InChI=1S/C25H26ClFN2O2.C4H11N/c1-3-17-10-12-25(13-11-17)28-23(21-14-20(26)8-9-22(21)27)24(31)29(25)16(2)19-6-4-18(15-30)5-7-19;1-3-4-5-2/h4-9,14-17H,3,10-13H2,1-2H3;5H,3-4H2,1-2H3. The van der Waals surface area contributed by atoms with Crippen LogP contribution < -0.4 is 5.32 Å². The van der Waals surface area contributed by atoms with Crippen LogP contribution in [0.25, 0.3) is 0 Å². The predicted octanol–water partition coefficient (Wildman–Crippen LogP) is 6.60. The number of amides is 1. The van der Waals surface area contributed by atoms with Gasteiger partial charge in [0.25, 0.3) is 5.91 Å². The van der Waals surface area contributed by atoms with Crippen LogP contribution in [0.4, 0.5) is 4.39 Å². The van der Waals surface area contributed by atoms with Gasteiger partial charge in [-0.15, -0.1) is 0 Å². The molecular weight excluding hydrogens is 477 g/mol. The lowest BCUT2D eigenvalue weighted by atomic mass is 9.79. The van der Waals surface area contributed by atoms with E-state index in [-0.39, 0.29) is 23.2 Å². The summed E-state index contributed by atoms with van der Waals surface area (Å²) in [6.07, 6.45) is 6.59.